The third-order valence-corrected chi connectivity index (χ3v) is 3.81. The van der Waals surface area contributed by atoms with Gasteiger partial charge in [-0.15, -0.1) is 0 Å². The normalized spacial score (nSPS) is 13.5. The number of hydrogen-bond acceptors (Lipinski definition) is 1. The van der Waals surface area contributed by atoms with Crippen molar-refractivity contribution in [1.29, 1.82) is 0 Å². The number of aryl methyl sites for hydroxylation is 4. The second-order valence-electron chi connectivity index (χ2n) is 5.61. The first kappa shape index (κ1) is 12.9. The van der Waals surface area contributed by atoms with Gasteiger partial charge in [-0.1, -0.05) is 17.7 Å². The minimum Gasteiger partial charge on any atom is -0.435 e. The third-order valence-electron chi connectivity index (χ3n) is 3.81. The average Bonchev–Trinajstić information content (AvgIpc) is 2.37. The Morgan fingerprint density at radius 2 is 1.65 bits per heavy atom. The molecule has 2 aromatic carbocycles. The van der Waals surface area contributed by atoms with Gasteiger partial charge in [0.05, 0.1) is 5.56 Å². The maximum Gasteiger partial charge on any atom is 0.292 e. The lowest BCUT2D eigenvalue weighted by atomic mass is 10.0. The van der Waals surface area contributed by atoms with Crippen LogP contribution in [-0.2, 0) is 0 Å². The van der Waals surface area contributed by atoms with Crippen LogP contribution in [0.3, 0.4) is 0 Å². The number of fused-ring (bicyclic) bond motifs is 1. The molecule has 0 radical (unpaired) electrons. The van der Waals surface area contributed by atoms with E-state index in [1.165, 1.54) is 27.9 Å². The lowest BCUT2D eigenvalue weighted by molar-refractivity contribution is -0.477. The molecule has 3 rings (SSSR count). The van der Waals surface area contributed by atoms with Crippen molar-refractivity contribution in [3.8, 4) is 5.75 Å². The van der Waals surface area contributed by atoms with Crippen LogP contribution in [0.25, 0.3) is 0 Å². The topological polar surface area (TPSA) is 12.2 Å². The highest BCUT2D eigenvalue weighted by atomic mass is 16.5. The fourth-order valence-electron chi connectivity index (χ4n) is 3.07. The molecule has 0 amide bonds. The van der Waals surface area contributed by atoms with Crippen molar-refractivity contribution < 1.29 is 9.31 Å². The second-order valence-corrected chi connectivity index (χ2v) is 5.61. The van der Waals surface area contributed by atoms with Gasteiger partial charge in [-0.05, 0) is 51.5 Å². The van der Waals surface area contributed by atoms with E-state index in [1.807, 2.05) is 0 Å². The molecular formula is C18H20NO+. The summed E-state index contributed by atoms with van der Waals surface area (Å²) in [4.78, 5) is 0. The largest absolute Gasteiger partial charge is 0.435 e. The van der Waals surface area contributed by atoms with E-state index in [9.17, 15) is 0 Å². The van der Waals surface area contributed by atoms with E-state index in [0.717, 1.165) is 11.3 Å². The van der Waals surface area contributed by atoms with E-state index in [1.54, 1.807) is 0 Å². The minimum atomic E-state index is 0.572. The van der Waals surface area contributed by atoms with Crippen molar-refractivity contribution in [3.05, 3.63) is 58.1 Å². The quantitative estimate of drug-likeness (QED) is 0.710. The van der Waals surface area contributed by atoms with Crippen LogP contribution in [0.4, 0.5) is 5.69 Å². The Morgan fingerprint density at radius 1 is 0.950 bits per heavy atom. The van der Waals surface area contributed by atoms with Crippen LogP contribution in [-0.4, -0.2) is 17.5 Å². The van der Waals surface area contributed by atoms with Gasteiger partial charge in [-0.3, -0.25) is 0 Å². The first-order valence-electron chi connectivity index (χ1n) is 6.98. The maximum atomic E-state index is 5.96. The van der Waals surface area contributed by atoms with Crippen molar-refractivity contribution in [1.82, 2.24) is 0 Å². The zero-order valence-electron chi connectivity index (χ0n) is 12.5. The first-order chi connectivity index (χ1) is 9.56. The fraction of sp³-hybridized carbons (Fsp3) is 0.278. The smallest absolute Gasteiger partial charge is 0.292 e. The summed E-state index contributed by atoms with van der Waals surface area (Å²) in [6.45, 7) is 9.12. The lowest BCUT2D eigenvalue weighted by Gasteiger charge is -2.17. The Morgan fingerprint density at radius 3 is 2.35 bits per heavy atom. The Kier molecular flexibility index (Phi) is 3.09. The van der Waals surface area contributed by atoms with Gasteiger partial charge >= 0.3 is 0 Å². The van der Waals surface area contributed by atoms with Crippen LogP contribution in [0.2, 0.25) is 0 Å². The predicted octanol–water partition coefficient (Wildman–Crippen LogP) is 4.03. The van der Waals surface area contributed by atoms with Crippen molar-refractivity contribution >= 4 is 11.9 Å². The Bertz CT molecular complexity index is 690. The lowest BCUT2D eigenvalue weighted by Crippen LogP contribution is -2.22. The van der Waals surface area contributed by atoms with Crippen LogP contribution in [0.5, 0.6) is 5.75 Å². The average molecular weight is 266 g/mol. The van der Waals surface area contributed by atoms with Gasteiger partial charge < -0.3 is 4.74 Å². The Balaban J connectivity index is 2.14. The van der Waals surface area contributed by atoms with Crippen LogP contribution < -0.4 is 4.74 Å². The minimum absolute atomic E-state index is 0.572. The monoisotopic (exact) mass is 266 g/mol. The summed E-state index contributed by atoms with van der Waals surface area (Å²) >= 11 is 0. The molecular weight excluding hydrogens is 246 g/mol. The van der Waals surface area contributed by atoms with Gasteiger partial charge in [0.25, 0.3) is 6.73 Å². The van der Waals surface area contributed by atoms with Crippen LogP contribution in [0, 0.1) is 27.7 Å². The number of nitrogens with zero attached hydrogens (tertiary/aromatic N) is 1. The molecule has 2 aromatic rings. The van der Waals surface area contributed by atoms with Gasteiger partial charge in [0.15, 0.2) is 6.21 Å². The molecule has 2 heteroatoms. The number of benzene rings is 2. The zero-order valence-corrected chi connectivity index (χ0v) is 12.5. The van der Waals surface area contributed by atoms with Crippen molar-refractivity contribution in [2.45, 2.75) is 27.7 Å². The van der Waals surface area contributed by atoms with Gasteiger partial charge in [-0.25, -0.2) is 0 Å². The highest BCUT2D eigenvalue weighted by Crippen LogP contribution is 2.30. The molecule has 1 heterocycles. The van der Waals surface area contributed by atoms with E-state index in [4.69, 9.17) is 4.74 Å². The summed E-state index contributed by atoms with van der Waals surface area (Å²) in [7, 11) is 0. The number of rotatable bonds is 1. The number of hydrogen-bond donors (Lipinski definition) is 0. The molecule has 0 aromatic heterocycles. The zero-order chi connectivity index (χ0) is 14.3. The standard InChI is InChI=1S/C18H20NO/c1-12-8-14(3)17(15(4)9-12)19-10-16-7-5-6-13(2)18(16)20-11-19/h5-10H,11H2,1-4H3/q+1. The number of ether oxygens (including phenoxy) is 1. The maximum absolute atomic E-state index is 5.96. The van der Waals surface area contributed by atoms with Crippen molar-refractivity contribution in [2.24, 2.45) is 0 Å². The van der Waals surface area contributed by atoms with Gasteiger partial charge in [0, 0.05) is 11.1 Å². The van der Waals surface area contributed by atoms with E-state index >= 15 is 0 Å². The molecule has 20 heavy (non-hydrogen) atoms. The Labute approximate surface area is 120 Å². The molecule has 0 spiro atoms. The summed E-state index contributed by atoms with van der Waals surface area (Å²) in [5.74, 6) is 1.01. The van der Waals surface area contributed by atoms with Crippen molar-refractivity contribution in [2.75, 3.05) is 6.73 Å². The molecule has 0 unspecified atom stereocenters. The molecule has 0 N–H and O–H groups in total. The van der Waals surface area contributed by atoms with Crippen LogP contribution in [0.15, 0.2) is 30.3 Å². The molecule has 2 nitrogen and oxygen atoms in total. The number of para-hydroxylation sites is 1. The molecule has 0 atom stereocenters. The van der Waals surface area contributed by atoms with E-state index in [-0.39, 0.29) is 0 Å². The molecule has 1 aliphatic rings. The third kappa shape index (κ3) is 2.11. The summed E-state index contributed by atoms with van der Waals surface area (Å²) in [6, 6.07) is 10.7. The molecule has 0 bridgehead atoms. The van der Waals surface area contributed by atoms with E-state index < -0.39 is 0 Å². The summed E-state index contributed by atoms with van der Waals surface area (Å²) < 4.78 is 8.16. The van der Waals surface area contributed by atoms with Crippen LogP contribution in [0.1, 0.15) is 27.8 Å². The molecule has 102 valence electrons. The SMILES string of the molecule is Cc1cc(C)c([N+]2=Cc3cccc(C)c3OC2)c(C)c1. The molecule has 0 saturated carbocycles. The predicted molar refractivity (Wildman–Crippen MR) is 82.4 cm³/mol. The van der Waals surface area contributed by atoms with Crippen molar-refractivity contribution in [3.63, 3.8) is 0 Å². The highest BCUT2D eigenvalue weighted by Gasteiger charge is 2.23. The Hall–Kier alpha value is -2.09. The summed E-state index contributed by atoms with van der Waals surface area (Å²) in [6.07, 6.45) is 2.19. The first-order valence-corrected chi connectivity index (χ1v) is 6.98. The molecule has 0 fully saturated rings. The van der Waals surface area contributed by atoms with E-state index in [0.29, 0.717) is 6.73 Å². The van der Waals surface area contributed by atoms with Gasteiger partial charge in [0.1, 0.15) is 5.75 Å². The second kappa shape index (κ2) is 4.78. The molecule has 0 saturated heterocycles. The summed E-state index contributed by atoms with van der Waals surface area (Å²) in [5, 5.41) is 0. The molecule has 1 aliphatic heterocycles. The highest BCUT2D eigenvalue weighted by molar-refractivity contribution is 5.82. The molecule has 0 aliphatic carbocycles. The van der Waals surface area contributed by atoms with Crippen LogP contribution >= 0.6 is 0 Å². The van der Waals surface area contributed by atoms with E-state index in [2.05, 4.69) is 68.8 Å². The fourth-order valence-corrected chi connectivity index (χ4v) is 3.07. The van der Waals surface area contributed by atoms with Gasteiger partial charge in [0.2, 0.25) is 5.69 Å². The summed E-state index contributed by atoms with van der Waals surface area (Å²) in [5.41, 5.74) is 7.48. The van der Waals surface area contributed by atoms with Gasteiger partial charge in [-0.2, -0.15) is 4.58 Å².